The molecule has 0 spiro atoms. The topological polar surface area (TPSA) is 95.1 Å². The molecule has 8 nitrogen and oxygen atoms in total. The summed E-state index contributed by atoms with van der Waals surface area (Å²) in [5.74, 6) is 1.17. The summed E-state index contributed by atoms with van der Waals surface area (Å²) in [5, 5.41) is 14.1. The number of aromatic nitrogens is 1. The van der Waals surface area contributed by atoms with Crippen molar-refractivity contribution >= 4 is 37.5 Å². The third kappa shape index (κ3) is 9.07. The smallest absolute Gasteiger partial charge is 0.232 e. The van der Waals surface area contributed by atoms with Gasteiger partial charge in [-0.3, -0.25) is 9.21 Å². The number of hydrogen-bond acceptors (Lipinski definition) is 6. The highest BCUT2D eigenvalue weighted by atomic mass is 32.2. The summed E-state index contributed by atoms with van der Waals surface area (Å²) in [6, 6.07) is 48.9. The Hall–Kier alpha value is -5.61. The van der Waals surface area contributed by atoms with Crippen LogP contribution >= 0.6 is 0 Å². The van der Waals surface area contributed by atoms with E-state index in [1.807, 2.05) is 109 Å². The number of sulfonamides is 1. The highest BCUT2D eigenvalue weighted by Crippen LogP contribution is 2.35. The van der Waals surface area contributed by atoms with E-state index in [2.05, 4.69) is 40.2 Å². The van der Waals surface area contributed by atoms with Gasteiger partial charge in [-0.2, -0.15) is 0 Å². The third-order valence-electron chi connectivity index (χ3n) is 9.28. The molecule has 270 valence electrons. The van der Waals surface area contributed by atoms with Gasteiger partial charge in [-0.15, -0.1) is 0 Å². The van der Waals surface area contributed by atoms with Crippen molar-refractivity contribution < 1.29 is 23.0 Å². The maximum atomic E-state index is 13.4. The molecule has 0 unspecified atom stereocenters. The minimum absolute atomic E-state index is 0.114. The molecule has 6 aromatic carbocycles. The summed E-state index contributed by atoms with van der Waals surface area (Å²) in [4.78, 5) is 5.63. The van der Waals surface area contributed by atoms with Gasteiger partial charge in [0.1, 0.15) is 24.7 Å². The number of H-pyrrole nitrogens is 1. The molecule has 0 amide bonds. The van der Waals surface area contributed by atoms with Crippen LogP contribution in [-0.2, 0) is 29.7 Å². The molecule has 1 atom stereocenters. The Morgan fingerprint density at radius 3 is 1.98 bits per heavy atom. The van der Waals surface area contributed by atoms with Gasteiger partial charge in [0.15, 0.2) is 0 Å². The Labute approximate surface area is 310 Å². The summed E-state index contributed by atoms with van der Waals surface area (Å²) in [6.45, 7) is 2.21. The largest absolute Gasteiger partial charge is 0.492 e. The van der Waals surface area contributed by atoms with Crippen molar-refractivity contribution in [2.24, 2.45) is 0 Å². The number of hydrogen-bond donors (Lipinski definition) is 2. The van der Waals surface area contributed by atoms with Crippen molar-refractivity contribution in [3.8, 4) is 11.5 Å². The third-order valence-corrected chi connectivity index (χ3v) is 10.4. The summed E-state index contributed by atoms with van der Waals surface area (Å²) in [7, 11) is -3.75. The van der Waals surface area contributed by atoms with Gasteiger partial charge >= 0.3 is 0 Å². The Bertz CT molecular complexity index is 2370. The van der Waals surface area contributed by atoms with Gasteiger partial charge in [-0.1, -0.05) is 115 Å². The average molecular weight is 726 g/mol. The molecule has 7 aromatic rings. The summed E-state index contributed by atoms with van der Waals surface area (Å²) in [6.07, 6.45) is 0.263. The van der Waals surface area contributed by atoms with E-state index in [-0.39, 0.29) is 13.2 Å². The molecule has 0 fully saturated rings. The molecule has 9 heteroatoms. The Kier molecular flexibility index (Phi) is 11.1. The number of para-hydroxylation sites is 1. The number of aliphatic hydroxyl groups is 1. The molecule has 2 N–H and O–H groups in total. The molecule has 0 aliphatic rings. The lowest BCUT2D eigenvalue weighted by molar-refractivity contribution is 0.0986. The van der Waals surface area contributed by atoms with Crippen LogP contribution in [0.25, 0.3) is 21.8 Å². The molecule has 0 bridgehead atoms. The number of aromatic amines is 1. The SMILES string of the molecule is CS(=O)(=O)N(Cc1ccccc1)c1cc([C@@H](O)CN(CCOc2ccc3c(c2)[nH]c2ccccc23)Cc2ccccc2)ccc1OCc1ccccc1. The molecule has 1 heterocycles. The van der Waals surface area contributed by atoms with Crippen LogP contribution in [0.15, 0.2) is 152 Å². The number of aliphatic hydroxyl groups excluding tert-OH is 1. The van der Waals surface area contributed by atoms with E-state index in [0.717, 1.165) is 38.9 Å². The van der Waals surface area contributed by atoms with E-state index in [4.69, 9.17) is 9.47 Å². The van der Waals surface area contributed by atoms with Gasteiger partial charge in [0.05, 0.1) is 30.1 Å². The standard InChI is InChI=1S/C44H43N3O5S/c1-53(49,50)47(30-34-15-7-3-8-16-34)42-27-36(21-24-44(42)52-32-35-17-9-4-10-18-35)43(48)31-46(29-33-13-5-2-6-14-33)25-26-51-37-22-23-39-38-19-11-12-20-40(38)45-41(39)28-37/h2-24,27-28,43,45,48H,25-26,29-32H2,1H3/t43-/m0/s1. The monoisotopic (exact) mass is 725 g/mol. The van der Waals surface area contributed by atoms with Gasteiger partial charge < -0.3 is 19.6 Å². The van der Waals surface area contributed by atoms with Crippen LogP contribution in [0.1, 0.15) is 28.4 Å². The molecule has 1 aromatic heterocycles. The van der Waals surface area contributed by atoms with E-state index >= 15 is 0 Å². The fourth-order valence-electron chi connectivity index (χ4n) is 6.57. The first-order valence-corrected chi connectivity index (χ1v) is 19.5. The zero-order valence-electron chi connectivity index (χ0n) is 29.6. The second-order valence-corrected chi connectivity index (χ2v) is 15.1. The summed E-state index contributed by atoms with van der Waals surface area (Å²) >= 11 is 0. The first-order chi connectivity index (χ1) is 25.8. The second kappa shape index (κ2) is 16.4. The normalized spacial score (nSPS) is 12.3. The van der Waals surface area contributed by atoms with Gasteiger partial charge in [0.25, 0.3) is 0 Å². The Morgan fingerprint density at radius 2 is 1.28 bits per heavy atom. The Morgan fingerprint density at radius 1 is 0.660 bits per heavy atom. The first-order valence-electron chi connectivity index (χ1n) is 17.7. The van der Waals surface area contributed by atoms with Gasteiger partial charge in [0.2, 0.25) is 10.0 Å². The molecule has 0 aliphatic heterocycles. The fraction of sp³-hybridized carbons (Fsp3) is 0.182. The van der Waals surface area contributed by atoms with E-state index < -0.39 is 16.1 Å². The summed E-state index contributed by atoms with van der Waals surface area (Å²) in [5.41, 5.74) is 5.94. The molecular weight excluding hydrogens is 683 g/mol. The number of anilines is 1. The molecule has 53 heavy (non-hydrogen) atoms. The zero-order valence-corrected chi connectivity index (χ0v) is 30.5. The first kappa shape index (κ1) is 35.8. The molecular formula is C44H43N3O5S. The zero-order chi connectivity index (χ0) is 36.6. The van der Waals surface area contributed by atoms with Gasteiger partial charge in [-0.25, -0.2) is 8.42 Å². The number of rotatable bonds is 16. The van der Waals surface area contributed by atoms with Crippen molar-refractivity contribution in [2.75, 3.05) is 30.3 Å². The number of fused-ring (bicyclic) bond motifs is 3. The van der Waals surface area contributed by atoms with Crippen molar-refractivity contribution in [3.05, 3.63) is 174 Å². The number of nitrogens with one attached hydrogen (secondary N) is 1. The van der Waals surface area contributed by atoms with Crippen LogP contribution in [0.3, 0.4) is 0 Å². The molecule has 0 aliphatic carbocycles. The number of nitrogens with zero attached hydrogens (tertiary/aromatic N) is 2. The highest BCUT2D eigenvalue weighted by Gasteiger charge is 2.25. The fourth-order valence-corrected chi connectivity index (χ4v) is 7.45. The van der Waals surface area contributed by atoms with E-state index in [9.17, 15) is 13.5 Å². The number of ether oxygens (including phenoxy) is 2. The predicted octanol–water partition coefficient (Wildman–Crippen LogP) is 8.48. The van der Waals surface area contributed by atoms with Crippen LogP contribution < -0.4 is 13.8 Å². The quantitative estimate of drug-likeness (QED) is 0.104. The van der Waals surface area contributed by atoms with Crippen molar-refractivity contribution in [1.82, 2.24) is 9.88 Å². The van der Waals surface area contributed by atoms with Gasteiger partial charge in [-0.05, 0) is 52.6 Å². The van der Waals surface area contributed by atoms with Crippen molar-refractivity contribution in [2.45, 2.75) is 25.8 Å². The van der Waals surface area contributed by atoms with Crippen LogP contribution in [0.2, 0.25) is 0 Å². The minimum Gasteiger partial charge on any atom is -0.492 e. The summed E-state index contributed by atoms with van der Waals surface area (Å²) < 4.78 is 40.6. The van der Waals surface area contributed by atoms with Crippen molar-refractivity contribution in [3.63, 3.8) is 0 Å². The van der Waals surface area contributed by atoms with E-state index in [1.54, 1.807) is 12.1 Å². The van der Waals surface area contributed by atoms with Gasteiger partial charge in [0, 0.05) is 42.0 Å². The Balaban J connectivity index is 1.12. The lowest BCUT2D eigenvalue weighted by Crippen LogP contribution is -2.32. The van der Waals surface area contributed by atoms with Crippen LogP contribution in [0.5, 0.6) is 11.5 Å². The van der Waals surface area contributed by atoms with Crippen LogP contribution in [-0.4, -0.2) is 49.4 Å². The molecule has 0 radical (unpaired) electrons. The molecule has 7 rings (SSSR count). The van der Waals surface area contributed by atoms with Crippen LogP contribution in [0, 0.1) is 0 Å². The lowest BCUT2D eigenvalue weighted by atomic mass is 10.1. The highest BCUT2D eigenvalue weighted by molar-refractivity contribution is 7.92. The second-order valence-electron chi connectivity index (χ2n) is 13.2. The minimum atomic E-state index is -3.75. The number of benzene rings is 6. The predicted molar refractivity (Wildman–Crippen MR) is 213 cm³/mol. The molecule has 0 saturated heterocycles. The average Bonchev–Trinajstić information content (AvgIpc) is 3.55. The van der Waals surface area contributed by atoms with E-state index in [1.165, 1.54) is 15.9 Å². The maximum Gasteiger partial charge on any atom is 0.232 e. The van der Waals surface area contributed by atoms with Crippen molar-refractivity contribution in [1.29, 1.82) is 0 Å². The maximum absolute atomic E-state index is 13.4. The van der Waals surface area contributed by atoms with Crippen LogP contribution in [0.4, 0.5) is 5.69 Å². The lowest BCUT2D eigenvalue weighted by Gasteiger charge is -2.28. The van der Waals surface area contributed by atoms with E-state index in [0.29, 0.717) is 43.2 Å². The molecule has 0 saturated carbocycles.